The van der Waals surface area contributed by atoms with Gasteiger partial charge in [-0.15, -0.1) is 0 Å². The predicted octanol–water partition coefficient (Wildman–Crippen LogP) is -4.22. The second-order valence-corrected chi connectivity index (χ2v) is 10.7. The molecule has 0 radical (unpaired) electrons. The van der Waals surface area contributed by atoms with Crippen molar-refractivity contribution in [1.29, 1.82) is 0 Å². The molecule has 0 spiro atoms. The van der Waals surface area contributed by atoms with Gasteiger partial charge in [-0.05, 0) is 26.7 Å². The van der Waals surface area contributed by atoms with Crippen LogP contribution in [0.1, 0.15) is 40.0 Å². The van der Waals surface area contributed by atoms with E-state index in [4.69, 9.17) is 22.3 Å². The highest BCUT2D eigenvalue weighted by molar-refractivity contribution is 7.81. The maximum Gasteiger partial charge on any atom is 0.305 e. The molecule has 19 heteroatoms. The third-order valence-electron chi connectivity index (χ3n) is 5.09. The van der Waals surface area contributed by atoms with Crippen molar-refractivity contribution >= 4 is 77.6 Å². The molecule has 0 bridgehead atoms. The lowest BCUT2D eigenvalue weighted by Crippen LogP contribution is -2.59. The van der Waals surface area contributed by atoms with Crippen molar-refractivity contribution in [2.45, 2.75) is 68.9 Å². The Hall–Kier alpha value is -4.00. The number of thiol groups is 1. The smallest absolute Gasteiger partial charge is 0.305 e. The van der Waals surface area contributed by atoms with E-state index in [9.17, 15) is 33.6 Å². The molecule has 0 aliphatic rings. The first-order valence-electron chi connectivity index (χ1n) is 12.1. The number of amides is 6. The van der Waals surface area contributed by atoms with E-state index in [-0.39, 0.29) is 25.3 Å². The van der Waals surface area contributed by atoms with Crippen LogP contribution >= 0.6 is 24.8 Å². The van der Waals surface area contributed by atoms with Crippen LogP contribution in [0.5, 0.6) is 0 Å². The quantitative estimate of drug-likeness (QED) is 0.0230. The first-order valence-corrected chi connectivity index (χ1v) is 13.0. The number of nitrogens with zero attached hydrogens (tertiary/aromatic N) is 1. The SMILES string of the molecule is CC(=O)N[C@@H](C(=O)N[C@@H](CCCN=C(N)N)C(=O)NCC(=O)N[C@@H](CC(=O)O)C(=O)N[C@@H](C=S)C(N)=O)C(C)(C)S. The fourth-order valence-electron chi connectivity index (χ4n) is 3.14. The second-order valence-electron chi connectivity index (χ2n) is 9.26. The Bertz CT molecular complexity index is 1040. The molecule has 41 heavy (non-hydrogen) atoms. The zero-order chi connectivity index (χ0) is 31.9. The molecule has 0 aliphatic carbocycles. The number of carboxylic acid groups (broad SMARTS) is 1. The molecule has 4 atom stereocenters. The minimum absolute atomic E-state index is 0.0197. The summed E-state index contributed by atoms with van der Waals surface area (Å²) in [7, 11) is 0. The minimum atomic E-state index is -1.64. The molecule has 0 aromatic heterocycles. The summed E-state index contributed by atoms with van der Waals surface area (Å²) in [5, 5.41) is 21.5. The fourth-order valence-corrected chi connectivity index (χ4v) is 3.52. The van der Waals surface area contributed by atoms with Gasteiger partial charge < -0.3 is 48.9 Å². The van der Waals surface area contributed by atoms with Gasteiger partial charge in [-0.2, -0.15) is 12.6 Å². The van der Waals surface area contributed by atoms with Crippen LogP contribution in [0, 0.1) is 0 Å². The minimum Gasteiger partial charge on any atom is -0.481 e. The maximum atomic E-state index is 13.0. The van der Waals surface area contributed by atoms with Gasteiger partial charge >= 0.3 is 5.97 Å². The molecule has 0 saturated carbocycles. The Kier molecular flexibility index (Phi) is 15.9. The zero-order valence-corrected chi connectivity index (χ0v) is 24.5. The van der Waals surface area contributed by atoms with Crippen LogP contribution in [-0.2, 0) is 33.6 Å². The summed E-state index contributed by atoms with van der Waals surface area (Å²) in [6, 6.07) is -5.38. The molecule has 17 nitrogen and oxygen atoms in total. The van der Waals surface area contributed by atoms with Gasteiger partial charge in [0.05, 0.1) is 13.0 Å². The number of thiocarbonyl (C=S) groups is 1. The molecule has 0 aromatic carbocycles. The maximum absolute atomic E-state index is 13.0. The number of nitrogens with two attached hydrogens (primary N) is 3. The van der Waals surface area contributed by atoms with E-state index in [0.29, 0.717) is 0 Å². The first-order chi connectivity index (χ1) is 18.9. The first kappa shape index (κ1) is 37.0. The number of hydrogen-bond acceptors (Lipinski definition) is 10. The van der Waals surface area contributed by atoms with Crippen molar-refractivity contribution in [3.8, 4) is 0 Å². The number of carbonyl (C=O) groups is 7. The Morgan fingerprint density at radius 2 is 1.56 bits per heavy atom. The molecule has 0 heterocycles. The molecule has 12 N–H and O–H groups in total. The molecular weight excluding hydrogens is 582 g/mol. The highest BCUT2D eigenvalue weighted by Gasteiger charge is 2.35. The molecule has 0 aromatic rings. The van der Waals surface area contributed by atoms with Gasteiger partial charge in [0.15, 0.2) is 5.96 Å². The molecule has 0 saturated heterocycles. The lowest BCUT2D eigenvalue weighted by Gasteiger charge is -2.30. The van der Waals surface area contributed by atoms with Crippen LogP contribution in [-0.4, -0.2) is 99.8 Å². The molecule has 0 unspecified atom stereocenters. The Labute approximate surface area is 247 Å². The number of rotatable bonds is 18. The molecular formula is C22H37N9O8S2. The van der Waals surface area contributed by atoms with Gasteiger partial charge in [0.25, 0.3) is 0 Å². The van der Waals surface area contributed by atoms with Crippen LogP contribution < -0.4 is 43.8 Å². The molecule has 230 valence electrons. The van der Waals surface area contributed by atoms with E-state index in [1.165, 1.54) is 6.92 Å². The van der Waals surface area contributed by atoms with Crippen molar-refractivity contribution in [2.24, 2.45) is 22.2 Å². The van der Waals surface area contributed by atoms with Crippen LogP contribution in [0.2, 0.25) is 0 Å². The Morgan fingerprint density at radius 1 is 0.951 bits per heavy atom. The Balaban J connectivity index is 5.57. The average molecular weight is 620 g/mol. The van der Waals surface area contributed by atoms with E-state index in [1.807, 2.05) is 0 Å². The largest absolute Gasteiger partial charge is 0.481 e. The summed E-state index contributed by atoms with van der Waals surface area (Å²) < 4.78 is -1.02. The standard InChI is InChI=1S/C22H37N9O8S2/c1-10(32)28-16(22(2,3)41)20(39)30-11(5-4-6-26-21(24)25)18(37)27-8-14(33)29-12(7-15(34)35)19(38)31-13(9-40)17(23)36/h9,11-13,16,41H,4-8H2,1-3H3,(H2,23,36)(H,27,37)(H,28,32)(H,29,33)(H,30,39)(H,31,38)(H,34,35)(H4,24,25,26)/t11-,12-,13-,16-/m0/s1. The van der Waals surface area contributed by atoms with Crippen LogP contribution in [0.3, 0.4) is 0 Å². The topological polar surface area (TPSA) is 290 Å². The highest BCUT2D eigenvalue weighted by atomic mass is 32.1. The normalized spacial score (nSPS) is 13.7. The van der Waals surface area contributed by atoms with Gasteiger partial charge in [-0.25, -0.2) is 0 Å². The van der Waals surface area contributed by atoms with Crippen molar-refractivity contribution < 1.29 is 38.7 Å². The summed E-state index contributed by atoms with van der Waals surface area (Å²) in [5.41, 5.74) is 15.7. The molecule has 0 fully saturated rings. The van der Waals surface area contributed by atoms with Gasteiger partial charge in [0.2, 0.25) is 35.4 Å². The van der Waals surface area contributed by atoms with Gasteiger partial charge in [0.1, 0.15) is 24.2 Å². The summed E-state index contributed by atoms with van der Waals surface area (Å²) in [5.74, 6) is -6.70. The van der Waals surface area contributed by atoms with Gasteiger partial charge in [-0.1, -0.05) is 12.2 Å². The molecule has 0 aliphatic heterocycles. The number of nitrogens with one attached hydrogen (secondary N) is 5. The van der Waals surface area contributed by atoms with Crippen molar-refractivity contribution in [1.82, 2.24) is 26.6 Å². The van der Waals surface area contributed by atoms with Crippen molar-refractivity contribution in [3.63, 3.8) is 0 Å². The predicted molar refractivity (Wildman–Crippen MR) is 154 cm³/mol. The summed E-state index contributed by atoms with van der Waals surface area (Å²) >= 11 is 8.94. The molecule has 0 rings (SSSR count). The van der Waals surface area contributed by atoms with Crippen LogP contribution in [0.4, 0.5) is 0 Å². The number of aliphatic imine (C=N–C) groups is 1. The number of hydrogen-bond donors (Lipinski definition) is 10. The third kappa shape index (κ3) is 15.4. The number of carbonyl (C=O) groups excluding carboxylic acids is 6. The lowest BCUT2D eigenvalue weighted by atomic mass is 10.0. The number of aliphatic carboxylic acids is 1. The summed E-state index contributed by atoms with van der Waals surface area (Å²) in [6.07, 6.45) is -0.604. The van der Waals surface area contributed by atoms with Crippen LogP contribution in [0.15, 0.2) is 4.99 Å². The average Bonchev–Trinajstić information content (AvgIpc) is 2.83. The monoisotopic (exact) mass is 619 g/mol. The van der Waals surface area contributed by atoms with Gasteiger partial charge in [-0.3, -0.25) is 38.6 Å². The molecule has 6 amide bonds. The highest BCUT2D eigenvalue weighted by Crippen LogP contribution is 2.18. The van der Waals surface area contributed by atoms with Gasteiger partial charge in [0, 0.05) is 23.6 Å². The lowest BCUT2D eigenvalue weighted by molar-refractivity contribution is -0.141. The van der Waals surface area contributed by atoms with Crippen molar-refractivity contribution in [3.05, 3.63) is 0 Å². The van der Waals surface area contributed by atoms with E-state index >= 15 is 0 Å². The fraction of sp³-hybridized carbons (Fsp3) is 0.591. The second kappa shape index (κ2) is 17.6. The Morgan fingerprint density at radius 3 is 2.02 bits per heavy atom. The zero-order valence-electron chi connectivity index (χ0n) is 22.8. The number of primary amides is 1. The number of carboxylic acids is 1. The third-order valence-corrected chi connectivity index (χ3v) is 5.62. The van der Waals surface area contributed by atoms with E-state index in [0.717, 1.165) is 5.37 Å². The van der Waals surface area contributed by atoms with E-state index < -0.39 is 83.3 Å². The van der Waals surface area contributed by atoms with E-state index in [1.54, 1.807) is 13.8 Å². The summed E-state index contributed by atoms with van der Waals surface area (Å²) in [4.78, 5) is 88.7. The van der Waals surface area contributed by atoms with Crippen molar-refractivity contribution in [2.75, 3.05) is 13.1 Å². The van der Waals surface area contributed by atoms with E-state index in [2.05, 4.69) is 56.4 Å². The summed E-state index contributed by atoms with van der Waals surface area (Å²) in [6.45, 7) is 3.77. The van der Waals surface area contributed by atoms with Crippen LogP contribution in [0.25, 0.3) is 0 Å². The number of guanidine groups is 1.